The quantitative estimate of drug-likeness (QED) is 0.551. The number of nitrogens with zero attached hydrogens (tertiary/aromatic N) is 4. The molecule has 0 radical (unpaired) electrons. The summed E-state index contributed by atoms with van der Waals surface area (Å²) >= 11 is 0. The largest absolute Gasteiger partial charge is 0.281 e. The van der Waals surface area contributed by atoms with E-state index >= 15 is 0 Å². The van der Waals surface area contributed by atoms with Gasteiger partial charge >= 0.3 is 0 Å². The molecule has 2 rings (SSSR count). The van der Waals surface area contributed by atoms with E-state index in [-0.39, 0.29) is 11.5 Å². The summed E-state index contributed by atoms with van der Waals surface area (Å²) < 4.78 is 1.12. The van der Waals surface area contributed by atoms with E-state index < -0.39 is 5.56 Å². The lowest BCUT2D eigenvalue weighted by atomic mass is 10.5. The monoisotopic (exact) mass is 161 g/mol. The minimum absolute atomic E-state index is 0.0169. The fourth-order valence-electron chi connectivity index (χ4n) is 0.866. The predicted octanol–water partition coefficient (Wildman–Crippen LogP) is -0.0316. The predicted molar refractivity (Wildman–Crippen MR) is 39.9 cm³/mol. The SMILES string of the molecule is [C-]#[N+]c1cnc2nc[nH]n2c1=O. The molecular weight excluding hydrogens is 158 g/mol. The number of fused-ring (bicyclic) bond motifs is 1. The number of hydrogen-bond donors (Lipinski definition) is 1. The van der Waals surface area contributed by atoms with Gasteiger partial charge in [-0.2, -0.15) is 4.52 Å². The van der Waals surface area contributed by atoms with Gasteiger partial charge in [-0.1, -0.05) is 0 Å². The average molecular weight is 161 g/mol. The Hall–Kier alpha value is -2.16. The number of H-pyrrole nitrogens is 1. The normalized spacial score (nSPS) is 9.92. The maximum Gasteiger partial charge on any atom is 0.280 e. The molecule has 12 heavy (non-hydrogen) atoms. The minimum Gasteiger partial charge on any atom is -0.281 e. The van der Waals surface area contributed by atoms with Gasteiger partial charge in [0.2, 0.25) is 0 Å². The zero-order valence-electron chi connectivity index (χ0n) is 5.85. The van der Waals surface area contributed by atoms with Gasteiger partial charge in [0.1, 0.15) is 6.33 Å². The molecule has 6 heteroatoms. The summed E-state index contributed by atoms with van der Waals surface area (Å²) in [6.07, 6.45) is 2.56. The molecule has 0 fully saturated rings. The van der Waals surface area contributed by atoms with Crippen LogP contribution >= 0.6 is 0 Å². The first-order chi connectivity index (χ1) is 5.83. The molecule has 0 saturated heterocycles. The molecule has 0 aliphatic heterocycles. The van der Waals surface area contributed by atoms with Gasteiger partial charge in [0, 0.05) is 6.20 Å². The van der Waals surface area contributed by atoms with Gasteiger partial charge < -0.3 is 0 Å². The zero-order chi connectivity index (χ0) is 8.55. The first-order valence-electron chi connectivity index (χ1n) is 3.11. The van der Waals surface area contributed by atoms with Crippen molar-refractivity contribution in [3.63, 3.8) is 0 Å². The molecule has 0 aliphatic rings. The van der Waals surface area contributed by atoms with Crippen molar-refractivity contribution in [1.82, 2.24) is 19.6 Å². The van der Waals surface area contributed by atoms with Crippen molar-refractivity contribution in [1.29, 1.82) is 0 Å². The molecule has 0 bridgehead atoms. The second-order valence-corrected chi connectivity index (χ2v) is 2.08. The highest BCUT2D eigenvalue weighted by atomic mass is 16.1. The van der Waals surface area contributed by atoms with Gasteiger partial charge in [0.15, 0.2) is 0 Å². The molecule has 58 valence electrons. The van der Waals surface area contributed by atoms with Crippen LogP contribution in [0.15, 0.2) is 17.3 Å². The first-order valence-corrected chi connectivity index (χ1v) is 3.11. The molecule has 6 nitrogen and oxygen atoms in total. The van der Waals surface area contributed by atoms with Crippen LogP contribution in [0.25, 0.3) is 10.6 Å². The van der Waals surface area contributed by atoms with Gasteiger partial charge in [0.05, 0.1) is 6.57 Å². The summed E-state index contributed by atoms with van der Waals surface area (Å²) in [4.78, 5) is 21.8. The molecule has 0 aliphatic carbocycles. The third-order valence-corrected chi connectivity index (χ3v) is 1.41. The highest BCUT2D eigenvalue weighted by Gasteiger charge is 2.04. The fourth-order valence-corrected chi connectivity index (χ4v) is 0.866. The molecule has 0 aromatic carbocycles. The Morgan fingerprint density at radius 3 is 3.17 bits per heavy atom. The van der Waals surface area contributed by atoms with Gasteiger partial charge in [-0.3, -0.25) is 9.89 Å². The number of hydrogen-bond acceptors (Lipinski definition) is 3. The van der Waals surface area contributed by atoms with Crippen molar-refractivity contribution < 1.29 is 0 Å². The van der Waals surface area contributed by atoms with Crippen molar-refractivity contribution >= 4 is 11.5 Å². The highest BCUT2D eigenvalue weighted by molar-refractivity contribution is 5.42. The maximum atomic E-state index is 11.3. The van der Waals surface area contributed by atoms with E-state index in [1.54, 1.807) is 0 Å². The topological polar surface area (TPSA) is 67.4 Å². The van der Waals surface area contributed by atoms with Gasteiger partial charge in [0.25, 0.3) is 17.0 Å². The van der Waals surface area contributed by atoms with E-state index in [2.05, 4.69) is 19.9 Å². The Morgan fingerprint density at radius 1 is 1.58 bits per heavy atom. The molecule has 2 heterocycles. The number of nitrogens with one attached hydrogen (secondary N) is 1. The highest BCUT2D eigenvalue weighted by Crippen LogP contribution is 2.00. The van der Waals surface area contributed by atoms with Crippen LogP contribution in [-0.2, 0) is 0 Å². The Labute approximate surface area is 66.3 Å². The van der Waals surface area contributed by atoms with Crippen LogP contribution in [0.1, 0.15) is 0 Å². The van der Waals surface area contributed by atoms with Gasteiger partial charge in [-0.25, -0.2) is 14.8 Å². The number of aromatic amines is 1. The van der Waals surface area contributed by atoms with E-state index in [1.165, 1.54) is 12.5 Å². The van der Waals surface area contributed by atoms with E-state index in [4.69, 9.17) is 6.57 Å². The molecule has 0 amide bonds. The van der Waals surface area contributed by atoms with Gasteiger partial charge in [-0.05, 0) is 0 Å². The standard InChI is InChI=1S/C6H3N5O/c1-7-4-2-8-6-9-3-10-11(6)5(4)12/h2-3H,(H,8,9,10). The average Bonchev–Trinajstić information content (AvgIpc) is 2.53. The molecule has 0 spiro atoms. The Morgan fingerprint density at radius 2 is 2.42 bits per heavy atom. The van der Waals surface area contributed by atoms with Crippen molar-refractivity contribution in [2.45, 2.75) is 0 Å². The van der Waals surface area contributed by atoms with Crippen molar-refractivity contribution in [2.75, 3.05) is 0 Å². The van der Waals surface area contributed by atoms with Crippen LogP contribution in [0.3, 0.4) is 0 Å². The summed E-state index contributed by atoms with van der Waals surface area (Å²) in [5.41, 5.74) is -0.441. The molecule has 0 unspecified atom stereocenters. The Bertz CT molecular complexity index is 516. The summed E-state index contributed by atoms with van der Waals surface area (Å²) in [7, 11) is 0. The van der Waals surface area contributed by atoms with Crippen LogP contribution in [0.2, 0.25) is 0 Å². The van der Waals surface area contributed by atoms with Crippen LogP contribution < -0.4 is 5.56 Å². The minimum atomic E-state index is -0.424. The lowest BCUT2D eigenvalue weighted by Gasteiger charge is -1.89. The zero-order valence-corrected chi connectivity index (χ0v) is 5.85. The molecule has 1 N–H and O–H groups in total. The van der Waals surface area contributed by atoms with Crippen LogP contribution in [0.4, 0.5) is 5.69 Å². The second kappa shape index (κ2) is 2.17. The van der Waals surface area contributed by atoms with Crippen molar-refractivity contribution in [2.24, 2.45) is 0 Å². The van der Waals surface area contributed by atoms with E-state index in [1.807, 2.05) is 0 Å². The molecule has 2 aromatic rings. The summed E-state index contributed by atoms with van der Waals surface area (Å²) in [5.74, 6) is 0.271. The van der Waals surface area contributed by atoms with Gasteiger partial charge in [-0.15, -0.1) is 0 Å². The Kier molecular flexibility index (Phi) is 1.18. The lowest BCUT2D eigenvalue weighted by molar-refractivity contribution is 0.904. The first kappa shape index (κ1) is 6.54. The summed E-state index contributed by atoms with van der Waals surface area (Å²) in [5, 5.41) is 2.55. The second-order valence-electron chi connectivity index (χ2n) is 2.08. The number of aromatic nitrogens is 4. The van der Waals surface area contributed by atoms with Crippen LogP contribution in [-0.4, -0.2) is 19.6 Å². The lowest BCUT2D eigenvalue weighted by Crippen LogP contribution is -2.13. The number of rotatable bonds is 0. The van der Waals surface area contributed by atoms with Crippen LogP contribution in [0.5, 0.6) is 0 Å². The summed E-state index contributed by atoms with van der Waals surface area (Å²) in [6.45, 7) is 6.65. The van der Waals surface area contributed by atoms with Crippen LogP contribution in [0, 0.1) is 6.57 Å². The molecule has 2 aromatic heterocycles. The molecule has 0 saturated carbocycles. The maximum absolute atomic E-state index is 11.3. The van der Waals surface area contributed by atoms with E-state index in [9.17, 15) is 4.79 Å². The fraction of sp³-hybridized carbons (Fsp3) is 0. The molecular formula is C6H3N5O. The molecule has 0 atom stereocenters. The Balaban J connectivity index is 3.00. The van der Waals surface area contributed by atoms with E-state index in [0.29, 0.717) is 0 Å². The third kappa shape index (κ3) is 0.703. The smallest absolute Gasteiger partial charge is 0.280 e. The van der Waals surface area contributed by atoms with E-state index in [0.717, 1.165) is 4.52 Å². The third-order valence-electron chi connectivity index (χ3n) is 1.41. The van der Waals surface area contributed by atoms with Crippen molar-refractivity contribution in [3.8, 4) is 0 Å². The van der Waals surface area contributed by atoms with Crippen molar-refractivity contribution in [3.05, 3.63) is 34.3 Å². The summed E-state index contributed by atoms with van der Waals surface area (Å²) in [6, 6.07) is 0.